The largest absolute Gasteiger partial charge is 0.396 e. The van der Waals surface area contributed by atoms with Crippen molar-refractivity contribution in [2.24, 2.45) is 5.41 Å². The van der Waals surface area contributed by atoms with Gasteiger partial charge >= 0.3 is 0 Å². The Hall–Kier alpha value is 0.610. The third-order valence-corrected chi connectivity index (χ3v) is 2.91. The number of aliphatic hydroxyl groups is 3. The van der Waals surface area contributed by atoms with Crippen LogP contribution in [-0.2, 0) is 0 Å². The summed E-state index contributed by atoms with van der Waals surface area (Å²) >= 11 is 2.02. The minimum atomic E-state index is -0.680. The molecular formula is C5H11IO3. The molecule has 0 fully saturated rings. The van der Waals surface area contributed by atoms with Crippen LogP contribution in [0.3, 0.4) is 0 Å². The van der Waals surface area contributed by atoms with E-state index in [1.807, 2.05) is 22.6 Å². The van der Waals surface area contributed by atoms with Gasteiger partial charge in [-0.3, -0.25) is 0 Å². The zero-order chi connectivity index (χ0) is 7.33. The molecule has 0 aliphatic carbocycles. The second-order valence-electron chi connectivity index (χ2n) is 2.11. The van der Waals surface area contributed by atoms with Gasteiger partial charge in [0, 0.05) is 9.84 Å². The van der Waals surface area contributed by atoms with Crippen molar-refractivity contribution in [1.29, 1.82) is 0 Å². The summed E-state index contributed by atoms with van der Waals surface area (Å²) in [4.78, 5) is 0. The lowest BCUT2D eigenvalue weighted by Gasteiger charge is -2.23. The monoisotopic (exact) mass is 246 g/mol. The first-order valence-corrected chi connectivity index (χ1v) is 4.16. The van der Waals surface area contributed by atoms with E-state index in [1.54, 1.807) is 0 Å². The van der Waals surface area contributed by atoms with E-state index in [2.05, 4.69) is 0 Å². The van der Waals surface area contributed by atoms with Crippen LogP contribution in [0.1, 0.15) is 0 Å². The maximum atomic E-state index is 8.65. The van der Waals surface area contributed by atoms with Gasteiger partial charge in [0.1, 0.15) is 0 Å². The van der Waals surface area contributed by atoms with Crippen molar-refractivity contribution in [2.75, 3.05) is 24.2 Å². The average Bonchev–Trinajstić information content (AvgIpc) is 1.95. The molecule has 9 heavy (non-hydrogen) atoms. The highest BCUT2D eigenvalue weighted by Gasteiger charge is 2.25. The lowest BCUT2D eigenvalue weighted by atomic mass is 9.95. The zero-order valence-electron chi connectivity index (χ0n) is 5.05. The van der Waals surface area contributed by atoms with Crippen molar-refractivity contribution >= 4 is 22.6 Å². The van der Waals surface area contributed by atoms with Gasteiger partial charge in [0.05, 0.1) is 19.8 Å². The Morgan fingerprint density at radius 3 is 1.33 bits per heavy atom. The van der Waals surface area contributed by atoms with Crippen LogP contribution in [0.15, 0.2) is 0 Å². The summed E-state index contributed by atoms with van der Waals surface area (Å²) in [5.41, 5.74) is -0.680. The van der Waals surface area contributed by atoms with Crippen molar-refractivity contribution in [3.63, 3.8) is 0 Å². The highest BCUT2D eigenvalue weighted by Crippen LogP contribution is 2.17. The predicted octanol–water partition coefficient (Wildman–Crippen LogP) is -0.615. The quantitative estimate of drug-likeness (QED) is 0.458. The Labute approximate surface area is 67.8 Å². The minimum Gasteiger partial charge on any atom is -0.396 e. The molecule has 4 heteroatoms. The second kappa shape index (κ2) is 4.43. The van der Waals surface area contributed by atoms with Crippen LogP contribution in [0, 0.1) is 5.41 Å². The Balaban J connectivity index is 3.82. The van der Waals surface area contributed by atoms with Crippen LogP contribution in [0.4, 0.5) is 0 Å². The van der Waals surface area contributed by atoms with Gasteiger partial charge in [-0.05, 0) is 0 Å². The van der Waals surface area contributed by atoms with E-state index in [0.717, 1.165) is 0 Å². The summed E-state index contributed by atoms with van der Waals surface area (Å²) in [6, 6.07) is 0. The van der Waals surface area contributed by atoms with E-state index >= 15 is 0 Å². The van der Waals surface area contributed by atoms with Gasteiger partial charge in [0.2, 0.25) is 0 Å². The normalized spacial score (nSPS) is 12.0. The molecule has 0 saturated carbocycles. The topological polar surface area (TPSA) is 60.7 Å². The molecule has 0 bridgehead atoms. The lowest BCUT2D eigenvalue weighted by Crippen LogP contribution is -2.35. The fraction of sp³-hybridized carbons (Fsp3) is 1.00. The summed E-state index contributed by atoms with van der Waals surface area (Å²) in [6.45, 7) is -0.491. The Kier molecular flexibility index (Phi) is 4.73. The van der Waals surface area contributed by atoms with Crippen LogP contribution in [0.2, 0.25) is 0 Å². The third-order valence-electron chi connectivity index (χ3n) is 1.29. The molecule has 0 atom stereocenters. The number of hydrogen-bond donors (Lipinski definition) is 3. The van der Waals surface area contributed by atoms with Crippen molar-refractivity contribution in [1.82, 2.24) is 0 Å². The first-order valence-electron chi connectivity index (χ1n) is 2.63. The molecule has 0 saturated heterocycles. The molecule has 0 spiro atoms. The fourth-order valence-electron chi connectivity index (χ4n) is 0.277. The molecule has 0 aromatic rings. The van der Waals surface area contributed by atoms with Crippen molar-refractivity contribution in [3.8, 4) is 0 Å². The summed E-state index contributed by atoms with van der Waals surface area (Å²) in [5.74, 6) is 0. The average molecular weight is 246 g/mol. The highest BCUT2D eigenvalue weighted by molar-refractivity contribution is 14.1. The Morgan fingerprint density at radius 1 is 1.00 bits per heavy atom. The van der Waals surface area contributed by atoms with E-state index < -0.39 is 5.41 Å². The zero-order valence-corrected chi connectivity index (χ0v) is 7.21. The number of alkyl halides is 1. The molecule has 3 N–H and O–H groups in total. The van der Waals surface area contributed by atoms with Gasteiger partial charge in [-0.2, -0.15) is 0 Å². The van der Waals surface area contributed by atoms with Crippen molar-refractivity contribution in [2.45, 2.75) is 0 Å². The van der Waals surface area contributed by atoms with E-state index in [9.17, 15) is 0 Å². The molecule has 3 nitrogen and oxygen atoms in total. The molecule has 0 aromatic carbocycles. The van der Waals surface area contributed by atoms with Gasteiger partial charge < -0.3 is 15.3 Å². The lowest BCUT2D eigenvalue weighted by molar-refractivity contribution is 0.0259. The summed E-state index contributed by atoms with van der Waals surface area (Å²) in [6.07, 6.45) is 0. The molecule has 0 rings (SSSR count). The van der Waals surface area contributed by atoms with E-state index in [1.165, 1.54) is 0 Å². The van der Waals surface area contributed by atoms with Crippen molar-refractivity contribution < 1.29 is 15.3 Å². The van der Waals surface area contributed by atoms with Crippen LogP contribution < -0.4 is 0 Å². The third kappa shape index (κ3) is 2.37. The number of halogens is 1. The number of rotatable bonds is 4. The molecular weight excluding hydrogens is 235 g/mol. The number of hydrogen-bond acceptors (Lipinski definition) is 3. The summed E-state index contributed by atoms with van der Waals surface area (Å²) in [7, 11) is 0. The Bertz CT molecular complexity index is 55.1. The molecule has 0 radical (unpaired) electrons. The maximum Gasteiger partial charge on any atom is 0.0539 e. The van der Waals surface area contributed by atoms with Gasteiger partial charge in [0.15, 0.2) is 0 Å². The first-order chi connectivity index (χ1) is 4.24. The van der Waals surface area contributed by atoms with E-state index in [4.69, 9.17) is 15.3 Å². The van der Waals surface area contributed by atoms with Crippen LogP contribution in [0.25, 0.3) is 0 Å². The molecule has 0 aliphatic heterocycles. The second-order valence-corrected chi connectivity index (χ2v) is 2.87. The van der Waals surface area contributed by atoms with Gasteiger partial charge in [-0.15, -0.1) is 0 Å². The maximum absolute atomic E-state index is 8.65. The standard InChI is InChI=1S/C5H11IO3/c6-1-5(2-7,3-8)4-9/h7-9H,1-4H2. The highest BCUT2D eigenvalue weighted by atomic mass is 127. The van der Waals surface area contributed by atoms with Gasteiger partial charge in [-0.1, -0.05) is 22.6 Å². The van der Waals surface area contributed by atoms with Crippen molar-refractivity contribution in [3.05, 3.63) is 0 Å². The van der Waals surface area contributed by atoms with Crippen LogP contribution in [0.5, 0.6) is 0 Å². The summed E-state index contributed by atoms with van der Waals surface area (Å²) in [5, 5.41) is 26.0. The van der Waals surface area contributed by atoms with Gasteiger partial charge in [-0.25, -0.2) is 0 Å². The molecule has 0 heterocycles. The SMILES string of the molecule is OCC(CO)(CO)CI. The Morgan fingerprint density at radius 2 is 1.33 bits per heavy atom. The van der Waals surface area contributed by atoms with Gasteiger partial charge in [0.25, 0.3) is 0 Å². The summed E-state index contributed by atoms with van der Waals surface area (Å²) < 4.78 is 0.564. The molecule has 0 aliphatic rings. The van der Waals surface area contributed by atoms with E-state index in [-0.39, 0.29) is 19.8 Å². The predicted molar refractivity (Wildman–Crippen MR) is 42.6 cm³/mol. The van der Waals surface area contributed by atoms with E-state index in [0.29, 0.717) is 4.43 Å². The molecule has 0 aromatic heterocycles. The first kappa shape index (κ1) is 9.61. The van der Waals surface area contributed by atoms with Crippen LogP contribution in [-0.4, -0.2) is 39.6 Å². The molecule has 56 valence electrons. The van der Waals surface area contributed by atoms with Crippen LogP contribution >= 0.6 is 22.6 Å². The smallest absolute Gasteiger partial charge is 0.0539 e. The minimum absolute atomic E-state index is 0.164. The number of aliphatic hydroxyl groups excluding tert-OH is 3. The molecule has 0 unspecified atom stereocenters. The fourth-order valence-corrected chi connectivity index (χ4v) is 1.00. The molecule has 0 amide bonds.